The first-order chi connectivity index (χ1) is 9.83. The zero-order valence-electron chi connectivity index (χ0n) is 11.3. The van der Waals surface area contributed by atoms with Crippen LogP contribution in [0.3, 0.4) is 0 Å². The molecule has 0 aliphatic carbocycles. The molecule has 0 bridgehead atoms. The van der Waals surface area contributed by atoms with Crippen molar-refractivity contribution in [3.05, 3.63) is 47.3 Å². The van der Waals surface area contributed by atoms with E-state index in [4.69, 9.17) is 0 Å². The second-order valence-electron chi connectivity index (χ2n) is 5.05. The Bertz CT molecular complexity index is 573. The second kappa shape index (κ2) is 6.20. The standard InChI is InChI=1S/C16H18N2OS/c19-16(18-13-7-4-10-17-11-13)15-9-8-14(20-15)12-5-2-1-3-6-12/h1-3,5-6,8-9,13,17H,4,7,10-11H2,(H,18,19)/t13-/m0/s1. The monoisotopic (exact) mass is 286 g/mol. The average Bonchev–Trinajstić information content (AvgIpc) is 2.99. The zero-order valence-corrected chi connectivity index (χ0v) is 12.1. The van der Waals surface area contributed by atoms with Crippen LogP contribution in [0.1, 0.15) is 22.5 Å². The molecule has 0 radical (unpaired) electrons. The minimum absolute atomic E-state index is 0.0471. The minimum Gasteiger partial charge on any atom is -0.347 e. The van der Waals surface area contributed by atoms with E-state index in [2.05, 4.69) is 22.8 Å². The fourth-order valence-electron chi connectivity index (χ4n) is 2.45. The van der Waals surface area contributed by atoms with Crippen LogP contribution in [-0.4, -0.2) is 25.0 Å². The summed E-state index contributed by atoms with van der Waals surface area (Å²) in [7, 11) is 0. The lowest BCUT2D eigenvalue weighted by Gasteiger charge is -2.23. The van der Waals surface area contributed by atoms with E-state index in [0.29, 0.717) is 0 Å². The molecule has 1 atom stereocenters. The number of piperidine rings is 1. The van der Waals surface area contributed by atoms with Crippen molar-refractivity contribution in [2.45, 2.75) is 18.9 Å². The molecular formula is C16H18N2OS. The van der Waals surface area contributed by atoms with Crippen LogP contribution in [0.4, 0.5) is 0 Å². The molecule has 1 aliphatic rings. The maximum atomic E-state index is 12.2. The van der Waals surface area contributed by atoms with E-state index in [1.165, 1.54) is 0 Å². The maximum Gasteiger partial charge on any atom is 0.261 e. The lowest BCUT2D eigenvalue weighted by molar-refractivity contribution is 0.0935. The van der Waals surface area contributed by atoms with Crippen molar-refractivity contribution in [1.29, 1.82) is 0 Å². The van der Waals surface area contributed by atoms with Crippen molar-refractivity contribution < 1.29 is 4.79 Å². The van der Waals surface area contributed by atoms with E-state index in [0.717, 1.165) is 41.2 Å². The van der Waals surface area contributed by atoms with Crippen LogP contribution in [0, 0.1) is 0 Å². The first kappa shape index (κ1) is 13.3. The van der Waals surface area contributed by atoms with Gasteiger partial charge in [-0.05, 0) is 37.1 Å². The number of benzene rings is 1. The van der Waals surface area contributed by atoms with Crippen molar-refractivity contribution >= 4 is 17.2 Å². The van der Waals surface area contributed by atoms with Gasteiger partial charge < -0.3 is 10.6 Å². The van der Waals surface area contributed by atoms with Gasteiger partial charge in [0.2, 0.25) is 0 Å². The fourth-order valence-corrected chi connectivity index (χ4v) is 3.36. The summed E-state index contributed by atoms with van der Waals surface area (Å²) in [5.41, 5.74) is 1.16. The van der Waals surface area contributed by atoms with Gasteiger partial charge in [-0.15, -0.1) is 11.3 Å². The quantitative estimate of drug-likeness (QED) is 0.911. The van der Waals surface area contributed by atoms with Gasteiger partial charge in [-0.2, -0.15) is 0 Å². The average molecular weight is 286 g/mol. The Kier molecular flexibility index (Phi) is 4.14. The van der Waals surface area contributed by atoms with Gasteiger partial charge >= 0.3 is 0 Å². The normalized spacial score (nSPS) is 18.7. The lowest BCUT2D eigenvalue weighted by atomic mass is 10.1. The molecular weight excluding hydrogens is 268 g/mol. The number of nitrogens with one attached hydrogen (secondary N) is 2. The van der Waals surface area contributed by atoms with Crippen LogP contribution in [0.25, 0.3) is 10.4 Å². The third kappa shape index (κ3) is 3.08. The summed E-state index contributed by atoms with van der Waals surface area (Å²) in [6.45, 7) is 1.94. The highest BCUT2D eigenvalue weighted by Crippen LogP contribution is 2.27. The summed E-state index contributed by atoms with van der Waals surface area (Å²) in [6, 6.07) is 14.4. The summed E-state index contributed by atoms with van der Waals surface area (Å²) >= 11 is 1.55. The molecule has 104 valence electrons. The lowest BCUT2D eigenvalue weighted by Crippen LogP contribution is -2.45. The first-order valence-corrected chi connectivity index (χ1v) is 7.81. The number of carbonyl (C=O) groups excluding carboxylic acids is 1. The van der Waals surface area contributed by atoms with Gasteiger partial charge in [-0.1, -0.05) is 30.3 Å². The molecule has 4 heteroatoms. The number of hydrogen-bond donors (Lipinski definition) is 2. The topological polar surface area (TPSA) is 41.1 Å². The molecule has 0 unspecified atom stereocenters. The van der Waals surface area contributed by atoms with Gasteiger partial charge in [0, 0.05) is 17.5 Å². The largest absolute Gasteiger partial charge is 0.347 e. The van der Waals surface area contributed by atoms with Gasteiger partial charge in [0.05, 0.1) is 4.88 Å². The van der Waals surface area contributed by atoms with E-state index < -0.39 is 0 Å². The number of amides is 1. The van der Waals surface area contributed by atoms with Crippen molar-refractivity contribution in [3.8, 4) is 10.4 Å². The molecule has 2 aromatic rings. The molecule has 1 aromatic carbocycles. The van der Waals surface area contributed by atoms with Crippen LogP contribution in [-0.2, 0) is 0 Å². The number of carbonyl (C=O) groups is 1. The van der Waals surface area contributed by atoms with Crippen LogP contribution < -0.4 is 10.6 Å². The van der Waals surface area contributed by atoms with Crippen molar-refractivity contribution in [2.75, 3.05) is 13.1 Å². The van der Waals surface area contributed by atoms with E-state index in [9.17, 15) is 4.79 Å². The highest BCUT2D eigenvalue weighted by Gasteiger charge is 2.17. The van der Waals surface area contributed by atoms with Gasteiger partial charge in [-0.3, -0.25) is 4.79 Å². The summed E-state index contributed by atoms with van der Waals surface area (Å²) in [5.74, 6) is 0.0471. The van der Waals surface area contributed by atoms with Gasteiger partial charge in [0.25, 0.3) is 5.91 Å². The molecule has 1 aromatic heterocycles. The van der Waals surface area contributed by atoms with Crippen LogP contribution in [0.2, 0.25) is 0 Å². The summed E-state index contributed by atoms with van der Waals surface area (Å²) in [4.78, 5) is 14.2. The van der Waals surface area contributed by atoms with E-state index >= 15 is 0 Å². The molecule has 20 heavy (non-hydrogen) atoms. The Morgan fingerprint density at radius 3 is 2.80 bits per heavy atom. The Morgan fingerprint density at radius 2 is 2.05 bits per heavy atom. The molecule has 0 saturated carbocycles. The van der Waals surface area contributed by atoms with Gasteiger partial charge in [0.1, 0.15) is 0 Å². The third-order valence-corrected chi connectivity index (χ3v) is 4.65. The van der Waals surface area contributed by atoms with Gasteiger partial charge in [0.15, 0.2) is 0 Å². The third-order valence-electron chi connectivity index (χ3n) is 3.52. The second-order valence-corrected chi connectivity index (χ2v) is 6.13. The Balaban J connectivity index is 1.68. The van der Waals surface area contributed by atoms with Crippen LogP contribution in [0.5, 0.6) is 0 Å². The van der Waals surface area contributed by atoms with E-state index in [1.54, 1.807) is 11.3 Å². The number of hydrogen-bond acceptors (Lipinski definition) is 3. The Morgan fingerprint density at radius 1 is 1.20 bits per heavy atom. The van der Waals surface area contributed by atoms with Crippen molar-refractivity contribution in [3.63, 3.8) is 0 Å². The summed E-state index contributed by atoms with van der Waals surface area (Å²) in [5, 5.41) is 6.42. The van der Waals surface area contributed by atoms with Crippen molar-refractivity contribution in [2.24, 2.45) is 0 Å². The Labute approximate surface area is 123 Å². The SMILES string of the molecule is O=C(N[C@H]1CCCNC1)c1ccc(-c2ccccc2)s1. The van der Waals surface area contributed by atoms with Crippen LogP contribution in [0.15, 0.2) is 42.5 Å². The van der Waals surface area contributed by atoms with E-state index in [1.807, 2.05) is 30.3 Å². The molecule has 3 nitrogen and oxygen atoms in total. The van der Waals surface area contributed by atoms with E-state index in [-0.39, 0.29) is 11.9 Å². The predicted molar refractivity (Wildman–Crippen MR) is 83.1 cm³/mol. The minimum atomic E-state index is 0.0471. The zero-order chi connectivity index (χ0) is 13.8. The molecule has 2 heterocycles. The highest BCUT2D eigenvalue weighted by atomic mass is 32.1. The number of rotatable bonds is 3. The predicted octanol–water partition coefficient (Wildman–Crippen LogP) is 2.90. The fraction of sp³-hybridized carbons (Fsp3) is 0.312. The highest BCUT2D eigenvalue weighted by molar-refractivity contribution is 7.17. The smallest absolute Gasteiger partial charge is 0.261 e. The molecule has 1 aliphatic heterocycles. The van der Waals surface area contributed by atoms with Gasteiger partial charge in [-0.25, -0.2) is 0 Å². The van der Waals surface area contributed by atoms with Crippen LogP contribution >= 0.6 is 11.3 Å². The summed E-state index contributed by atoms with van der Waals surface area (Å²) in [6.07, 6.45) is 2.19. The van der Waals surface area contributed by atoms with Crippen molar-refractivity contribution in [1.82, 2.24) is 10.6 Å². The molecule has 3 rings (SSSR count). The molecule has 1 amide bonds. The summed E-state index contributed by atoms with van der Waals surface area (Å²) < 4.78 is 0. The maximum absolute atomic E-state index is 12.2. The molecule has 1 saturated heterocycles. The number of thiophene rings is 1. The molecule has 2 N–H and O–H groups in total. The Hall–Kier alpha value is -1.65. The molecule has 1 fully saturated rings. The first-order valence-electron chi connectivity index (χ1n) is 7.00. The molecule has 0 spiro atoms.